The van der Waals surface area contributed by atoms with Crippen LogP contribution in [0.2, 0.25) is 0 Å². The van der Waals surface area contributed by atoms with Gasteiger partial charge in [-0.1, -0.05) is 18.2 Å². The summed E-state index contributed by atoms with van der Waals surface area (Å²) in [6.45, 7) is 0.939. The van der Waals surface area contributed by atoms with Gasteiger partial charge in [-0.3, -0.25) is 9.59 Å². The summed E-state index contributed by atoms with van der Waals surface area (Å²) in [5, 5.41) is 0. The monoisotopic (exact) mass is 383 g/mol. The van der Waals surface area contributed by atoms with Crippen LogP contribution in [0.1, 0.15) is 46.3 Å². The molecule has 4 rings (SSSR count). The Labute approximate surface area is 163 Å². The molecule has 1 amide bonds. The maximum absolute atomic E-state index is 13.9. The van der Waals surface area contributed by atoms with Crippen molar-refractivity contribution < 1.29 is 18.4 Å². The molecule has 2 aromatic rings. The van der Waals surface area contributed by atoms with Gasteiger partial charge in [0.2, 0.25) is 5.91 Å². The number of hydrogen-bond donors (Lipinski definition) is 0. The lowest BCUT2D eigenvalue weighted by Crippen LogP contribution is -2.41. The number of likely N-dealkylation sites (tertiary alicyclic amines) is 1. The van der Waals surface area contributed by atoms with Crippen LogP contribution in [0.15, 0.2) is 36.4 Å². The fourth-order valence-electron chi connectivity index (χ4n) is 4.32. The van der Waals surface area contributed by atoms with Gasteiger partial charge in [0.15, 0.2) is 5.78 Å². The first kappa shape index (κ1) is 18.8. The van der Waals surface area contributed by atoms with Gasteiger partial charge in [0.25, 0.3) is 0 Å². The van der Waals surface area contributed by atoms with E-state index in [2.05, 4.69) is 12.1 Å². The minimum absolute atomic E-state index is 0.0563. The van der Waals surface area contributed by atoms with E-state index in [1.807, 2.05) is 6.07 Å². The summed E-state index contributed by atoms with van der Waals surface area (Å²) in [7, 11) is 0. The number of aryl methyl sites for hydroxylation is 2. The second-order valence-corrected chi connectivity index (χ2v) is 7.78. The van der Waals surface area contributed by atoms with Crippen LogP contribution in [0.4, 0.5) is 8.78 Å². The number of amides is 1. The van der Waals surface area contributed by atoms with E-state index in [1.54, 1.807) is 4.90 Å². The van der Waals surface area contributed by atoms with Crippen LogP contribution in [-0.4, -0.2) is 29.7 Å². The van der Waals surface area contributed by atoms with Crippen molar-refractivity contribution in [2.24, 2.45) is 5.92 Å². The summed E-state index contributed by atoms with van der Waals surface area (Å²) in [5.41, 5.74) is 3.58. The van der Waals surface area contributed by atoms with Crippen molar-refractivity contribution in [3.63, 3.8) is 0 Å². The third kappa shape index (κ3) is 3.84. The molecule has 0 radical (unpaired) electrons. The van der Waals surface area contributed by atoms with Gasteiger partial charge in [-0.25, -0.2) is 8.78 Å². The first-order chi connectivity index (χ1) is 13.5. The molecule has 2 aliphatic rings. The van der Waals surface area contributed by atoms with E-state index < -0.39 is 11.6 Å². The largest absolute Gasteiger partial charge is 0.342 e. The highest BCUT2D eigenvalue weighted by atomic mass is 19.1. The van der Waals surface area contributed by atoms with Crippen molar-refractivity contribution in [1.82, 2.24) is 4.90 Å². The Balaban J connectivity index is 1.35. The zero-order chi connectivity index (χ0) is 19.7. The Hall–Kier alpha value is -2.56. The number of fused-ring (bicyclic) bond motifs is 1. The van der Waals surface area contributed by atoms with E-state index in [0.717, 1.165) is 36.6 Å². The van der Waals surface area contributed by atoms with Crippen LogP contribution in [0.5, 0.6) is 0 Å². The third-order valence-electron chi connectivity index (χ3n) is 5.93. The number of hydrogen-bond acceptors (Lipinski definition) is 2. The van der Waals surface area contributed by atoms with Crippen LogP contribution < -0.4 is 0 Å². The minimum atomic E-state index is -0.693. The average molecular weight is 383 g/mol. The van der Waals surface area contributed by atoms with E-state index in [1.165, 1.54) is 17.5 Å². The number of halogens is 2. The summed E-state index contributed by atoms with van der Waals surface area (Å²) >= 11 is 0. The number of nitrogens with zero attached hydrogens (tertiary/aromatic N) is 1. The van der Waals surface area contributed by atoms with Crippen molar-refractivity contribution >= 4 is 11.7 Å². The van der Waals surface area contributed by atoms with E-state index in [9.17, 15) is 18.4 Å². The Kier molecular flexibility index (Phi) is 5.25. The Bertz CT molecular complexity index is 917. The molecule has 5 heteroatoms. The van der Waals surface area contributed by atoms with E-state index in [4.69, 9.17) is 0 Å². The predicted octanol–water partition coefficient (Wildman–Crippen LogP) is 4.12. The quantitative estimate of drug-likeness (QED) is 0.745. The lowest BCUT2D eigenvalue weighted by Gasteiger charge is -2.31. The maximum atomic E-state index is 13.9. The number of rotatable bonds is 4. The molecule has 0 aromatic heterocycles. The summed E-state index contributed by atoms with van der Waals surface area (Å²) < 4.78 is 27.2. The molecule has 146 valence electrons. The van der Waals surface area contributed by atoms with Crippen LogP contribution in [-0.2, 0) is 24.1 Å². The van der Waals surface area contributed by atoms with Crippen molar-refractivity contribution in [2.45, 2.75) is 38.5 Å². The molecule has 0 saturated carbocycles. The average Bonchev–Trinajstić information content (AvgIpc) is 3.17. The van der Waals surface area contributed by atoms with Gasteiger partial charge in [-0.15, -0.1) is 0 Å². The van der Waals surface area contributed by atoms with E-state index >= 15 is 0 Å². The molecule has 0 spiro atoms. The molecular weight excluding hydrogens is 360 g/mol. The fourth-order valence-corrected chi connectivity index (χ4v) is 4.32. The van der Waals surface area contributed by atoms with Gasteiger partial charge in [0, 0.05) is 19.0 Å². The van der Waals surface area contributed by atoms with Crippen LogP contribution >= 0.6 is 0 Å². The topological polar surface area (TPSA) is 37.4 Å². The predicted molar refractivity (Wildman–Crippen MR) is 102 cm³/mol. The maximum Gasteiger partial charge on any atom is 0.226 e. The molecular formula is C23H23F2NO2. The summed E-state index contributed by atoms with van der Waals surface area (Å²) in [5.74, 6) is -2.00. The van der Waals surface area contributed by atoms with Gasteiger partial charge in [-0.05, 0) is 67.0 Å². The molecule has 0 bridgehead atoms. The number of Topliss-reactive ketones (excluding diaryl/α,β-unsaturated/α-hetero) is 1. The van der Waals surface area contributed by atoms with E-state index in [-0.39, 0.29) is 23.2 Å². The van der Waals surface area contributed by atoms with Gasteiger partial charge < -0.3 is 4.90 Å². The third-order valence-corrected chi connectivity index (χ3v) is 5.93. The molecule has 1 aliphatic heterocycles. The molecule has 28 heavy (non-hydrogen) atoms. The van der Waals surface area contributed by atoms with Crippen LogP contribution in [0, 0.1) is 17.6 Å². The molecule has 1 saturated heterocycles. The first-order valence-electron chi connectivity index (χ1n) is 9.89. The number of benzene rings is 2. The van der Waals surface area contributed by atoms with Gasteiger partial charge in [0.1, 0.15) is 11.6 Å². The molecule has 1 aliphatic carbocycles. The van der Waals surface area contributed by atoms with Crippen molar-refractivity contribution in [2.75, 3.05) is 13.1 Å². The molecule has 0 unspecified atom stereocenters. The zero-order valence-corrected chi connectivity index (χ0v) is 15.7. The molecule has 1 heterocycles. The molecule has 3 nitrogen and oxygen atoms in total. The van der Waals surface area contributed by atoms with Crippen molar-refractivity contribution in [3.8, 4) is 0 Å². The summed E-state index contributed by atoms with van der Waals surface area (Å²) in [4.78, 5) is 27.0. The number of piperidine rings is 1. The Morgan fingerprint density at radius 3 is 2.50 bits per heavy atom. The highest BCUT2D eigenvalue weighted by molar-refractivity contribution is 5.98. The smallest absolute Gasteiger partial charge is 0.226 e. The second-order valence-electron chi connectivity index (χ2n) is 7.78. The van der Waals surface area contributed by atoms with Crippen LogP contribution in [0.3, 0.4) is 0 Å². The summed E-state index contributed by atoms with van der Waals surface area (Å²) in [6.07, 6.45) is 4.71. The van der Waals surface area contributed by atoms with Gasteiger partial charge in [0.05, 0.1) is 12.0 Å². The van der Waals surface area contributed by atoms with Gasteiger partial charge in [-0.2, -0.15) is 0 Å². The molecule has 1 fully saturated rings. The Morgan fingerprint density at radius 2 is 1.71 bits per heavy atom. The SMILES string of the molecule is O=C(c1cc(F)ccc1F)C1CCN(C(=O)Cc2ccc3c(c2)CCC3)CC1. The molecule has 2 aromatic carbocycles. The summed E-state index contributed by atoms with van der Waals surface area (Å²) in [6, 6.07) is 9.25. The normalized spacial score (nSPS) is 16.9. The molecule has 0 atom stereocenters. The standard InChI is InChI=1S/C23H23F2NO2/c24-19-6-7-21(25)20(14-19)23(28)17-8-10-26(11-9-17)22(27)13-15-4-5-16-2-1-3-18(16)12-15/h4-7,12,14,17H,1-3,8-11,13H2. The fraction of sp³-hybridized carbons (Fsp3) is 0.391. The number of ketones is 1. The number of carbonyl (C=O) groups is 2. The molecule has 0 N–H and O–H groups in total. The van der Waals surface area contributed by atoms with Crippen molar-refractivity contribution in [1.29, 1.82) is 0 Å². The zero-order valence-electron chi connectivity index (χ0n) is 15.7. The number of carbonyl (C=O) groups excluding carboxylic acids is 2. The minimum Gasteiger partial charge on any atom is -0.342 e. The lowest BCUT2D eigenvalue weighted by atomic mass is 9.88. The highest BCUT2D eigenvalue weighted by Crippen LogP contribution is 2.26. The second kappa shape index (κ2) is 7.82. The van der Waals surface area contributed by atoms with Crippen molar-refractivity contribution in [3.05, 3.63) is 70.3 Å². The van der Waals surface area contributed by atoms with E-state index in [0.29, 0.717) is 32.4 Å². The highest BCUT2D eigenvalue weighted by Gasteiger charge is 2.29. The Morgan fingerprint density at radius 1 is 0.964 bits per heavy atom. The van der Waals surface area contributed by atoms with Gasteiger partial charge >= 0.3 is 0 Å². The van der Waals surface area contributed by atoms with Crippen LogP contribution in [0.25, 0.3) is 0 Å². The first-order valence-corrected chi connectivity index (χ1v) is 9.89. The lowest BCUT2D eigenvalue weighted by molar-refractivity contribution is -0.131.